The number of amides is 1. The van der Waals surface area contributed by atoms with Crippen molar-refractivity contribution in [3.8, 4) is 11.5 Å². The molecule has 14 heteroatoms. The molecule has 0 spiro atoms. The van der Waals surface area contributed by atoms with Gasteiger partial charge in [0, 0.05) is 18.7 Å². The van der Waals surface area contributed by atoms with Crippen LogP contribution in [0.1, 0.15) is 35.5 Å². The molecule has 1 fully saturated rings. The van der Waals surface area contributed by atoms with Crippen LogP contribution in [0.5, 0.6) is 11.5 Å². The van der Waals surface area contributed by atoms with E-state index in [2.05, 4.69) is 10.5 Å². The van der Waals surface area contributed by atoms with Crippen molar-refractivity contribution in [2.75, 3.05) is 12.4 Å². The second-order valence-electron chi connectivity index (χ2n) is 9.16. The third-order valence-electron chi connectivity index (χ3n) is 6.08. The fourth-order valence-corrected chi connectivity index (χ4v) is 4.30. The molecular weight excluding hydrogens is 508 g/mol. The predicted octanol–water partition coefficient (Wildman–Crippen LogP) is 2.31. The number of aliphatic hydroxyl groups is 1. The number of rotatable bonds is 6. The Morgan fingerprint density at radius 2 is 1.92 bits per heavy atom. The Morgan fingerprint density at radius 1 is 1.21 bits per heavy atom. The van der Waals surface area contributed by atoms with Crippen LogP contribution in [0, 0.1) is 13.8 Å². The van der Waals surface area contributed by atoms with E-state index in [1.165, 1.54) is 32.2 Å². The highest BCUT2D eigenvalue weighted by Gasteiger charge is 2.53. The van der Waals surface area contributed by atoms with E-state index in [-0.39, 0.29) is 28.1 Å². The van der Waals surface area contributed by atoms with Crippen LogP contribution in [0.4, 0.5) is 10.6 Å². The second-order valence-corrected chi connectivity index (χ2v) is 9.16. The number of carboxylic acids is 1. The first kappa shape index (κ1) is 26.9. The summed E-state index contributed by atoms with van der Waals surface area (Å²) in [6.45, 7) is 6.44. The largest absolute Gasteiger partial charge is 0.506 e. The quantitative estimate of drug-likeness (QED) is 0.336. The van der Waals surface area contributed by atoms with Gasteiger partial charge in [-0.15, -0.1) is 0 Å². The van der Waals surface area contributed by atoms with Crippen LogP contribution in [0.2, 0.25) is 0 Å². The molecule has 3 aromatic rings. The molecule has 1 aliphatic rings. The Kier molecular flexibility index (Phi) is 7.06. The normalized spacial score (nSPS) is 22.7. The minimum atomic E-state index is -1.64. The van der Waals surface area contributed by atoms with Gasteiger partial charge >= 0.3 is 17.7 Å². The fraction of sp³-hybridized carbons (Fsp3) is 0.417. The van der Waals surface area contributed by atoms with Gasteiger partial charge in [-0.05, 0) is 39.8 Å². The summed E-state index contributed by atoms with van der Waals surface area (Å²) in [6, 6.07) is 4.15. The van der Waals surface area contributed by atoms with Crippen LogP contribution in [-0.2, 0) is 14.2 Å². The number of aliphatic hydroxyl groups excluding tert-OH is 1. The standard InChI is InChI=1S/C24H26N2O12/c1-9-8-13(26-38-9)25-23(32)36-18-16(28)22(37-24(3,4)19(18)33-5)34-12-7-6-11-15(27)14(20(29)30)21(31)35-17(11)10(12)2/h6-8,16,18-19,22,27-28H,1-5H3,(H,29,30)(H,25,26,32)/t16-,18+,19-,22-/m1/s1. The van der Waals surface area contributed by atoms with Gasteiger partial charge in [-0.2, -0.15) is 0 Å². The van der Waals surface area contributed by atoms with Crippen LogP contribution in [-0.4, -0.2) is 69.9 Å². The van der Waals surface area contributed by atoms with Gasteiger partial charge in [-0.3, -0.25) is 5.32 Å². The zero-order chi connectivity index (χ0) is 27.9. The van der Waals surface area contributed by atoms with E-state index < -0.39 is 59.2 Å². The lowest BCUT2D eigenvalue weighted by Crippen LogP contribution is -2.65. The number of carbonyl (C=O) groups excluding carboxylic acids is 1. The first-order valence-corrected chi connectivity index (χ1v) is 11.3. The van der Waals surface area contributed by atoms with Crippen molar-refractivity contribution >= 4 is 28.8 Å². The van der Waals surface area contributed by atoms with E-state index in [1.54, 1.807) is 20.8 Å². The Bertz CT molecular complexity index is 1440. The van der Waals surface area contributed by atoms with Crippen molar-refractivity contribution in [2.45, 2.75) is 57.9 Å². The van der Waals surface area contributed by atoms with Crippen molar-refractivity contribution in [1.29, 1.82) is 0 Å². The highest BCUT2D eigenvalue weighted by Crippen LogP contribution is 2.37. The number of aromatic nitrogens is 1. The summed E-state index contributed by atoms with van der Waals surface area (Å²) in [7, 11) is 1.37. The van der Waals surface area contributed by atoms with Crippen LogP contribution >= 0.6 is 0 Å². The molecule has 4 N–H and O–H groups in total. The minimum Gasteiger partial charge on any atom is -0.506 e. The topological polar surface area (TPSA) is 200 Å². The number of aromatic hydroxyl groups is 1. The average Bonchev–Trinajstić information content (AvgIpc) is 3.23. The van der Waals surface area contributed by atoms with E-state index in [1.807, 2.05) is 0 Å². The number of carboxylic acid groups (broad SMARTS) is 1. The Labute approximate surface area is 214 Å². The summed E-state index contributed by atoms with van der Waals surface area (Å²) in [5, 5.41) is 36.6. The molecule has 1 aromatic carbocycles. The first-order valence-electron chi connectivity index (χ1n) is 11.3. The van der Waals surface area contributed by atoms with Gasteiger partial charge < -0.3 is 43.2 Å². The van der Waals surface area contributed by atoms with Crippen LogP contribution in [0.15, 0.2) is 31.9 Å². The molecule has 1 aliphatic heterocycles. The number of hydrogen-bond acceptors (Lipinski definition) is 12. The van der Waals surface area contributed by atoms with Gasteiger partial charge in [0.15, 0.2) is 23.6 Å². The predicted molar refractivity (Wildman–Crippen MR) is 127 cm³/mol. The van der Waals surface area contributed by atoms with Crippen molar-refractivity contribution in [1.82, 2.24) is 5.16 Å². The molecule has 0 aliphatic carbocycles. The number of ether oxygens (including phenoxy) is 4. The Morgan fingerprint density at radius 3 is 2.53 bits per heavy atom. The van der Waals surface area contributed by atoms with Gasteiger partial charge in [0.25, 0.3) is 0 Å². The van der Waals surface area contributed by atoms with Gasteiger partial charge in [0.05, 0.1) is 11.0 Å². The monoisotopic (exact) mass is 534 g/mol. The number of anilines is 1. The van der Waals surface area contributed by atoms with E-state index in [0.717, 1.165) is 0 Å². The Balaban J connectivity index is 1.63. The lowest BCUT2D eigenvalue weighted by Gasteiger charge is -2.47. The van der Waals surface area contributed by atoms with Gasteiger partial charge in [-0.25, -0.2) is 14.4 Å². The number of nitrogens with one attached hydrogen (secondary N) is 1. The van der Waals surface area contributed by atoms with Crippen molar-refractivity contribution in [3.05, 3.63) is 45.5 Å². The van der Waals surface area contributed by atoms with Crippen molar-refractivity contribution in [2.24, 2.45) is 0 Å². The van der Waals surface area contributed by atoms with E-state index in [0.29, 0.717) is 5.76 Å². The third kappa shape index (κ3) is 4.88. The van der Waals surface area contributed by atoms with Crippen LogP contribution in [0.3, 0.4) is 0 Å². The fourth-order valence-electron chi connectivity index (χ4n) is 4.30. The number of aryl methyl sites for hydroxylation is 2. The highest BCUT2D eigenvalue weighted by atomic mass is 16.7. The van der Waals surface area contributed by atoms with Crippen LogP contribution in [0.25, 0.3) is 11.0 Å². The molecule has 204 valence electrons. The molecule has 1 saturated heterocycles. The SMILES string of the molecule is CO[C@@H]1[C@@H](OC(=O)Nc2cc(C)on2)[C@@H](O)[C@H](Oc2ccc3c(O)c(C(=O)O)c(=O)oc3c2C)OC1(C)C. The molecule has 38 heavy (non-hydrogen) atoms. The maximum atomic E-state index is 12.5. The third-order valence-corrected chi connectivity index (χ3v) is 6.08. The van der Waals surface area contributed by atoms with Crippen molar-refractivity contribution in [3.63, 3.8) is 0 Å². The molecule has 4 atom stereocenters. The number of hydrogen-bond donors (Lipinski definition) is 4. The molecule has 14 nitrogen and oxygen atoms in total. The van der Waals surface area contributed by atoms with Gasteiger partial charge in [0.1, 0.15) is 28.9 Å². The summed E-state index contributed by atoms with van der Waals surface area (Å²) < 4.78 is 32.8. The van der Waals surface area contributed by atoms with Gasteiger partial charge in [0.2, 0.25) is 6.29 Å². The van der Waals surface area contributed by atoms with E-state index in [9.17, 15) is 29.7 Å². The lowest BCUT2D eigenvalue weighted by molar-refractivity contribution is -0.304. The summed E-state index contributed by atoms with van der Waals surface area (Å²) in [4.78, 5) is 36.0. The van der Waals surface area contributed by atoms with E-state index >= 15 is 0 Å². The second kappa shape index (κ2) is 9.96. The molecule has 4 rings (SSSR count). The molecule has 3 heterocycles. The zero-order valence-electron chi connectivity index (χ0n) is 21.0. The number of methoxy groups -OCH3 is 1. The number of fused-ring (bicyclic) bond motifs is 1. The molecule has 0 bridgehead atoms. The van der Waals surface area contributed by atoms with Gasteiger partial charge in [-0.1, -0.05) is 5.16 Å². The number of aromatic carboxylic acids is 1. The highest BCUT2D eigenvalue weighted by molar-refractivity contribution is 5.98. The smallest absolute Gasteiger partial charge is 0.413 e. The molecule has 2 aromatic heterocycles. The summed E-state index contributed by atoms with van der Waals surface area (Å²) in [5.74, 6) is -1.74. The average molecular weight is 534 g/mol. The number of nitrogens with zero attached hydrogens (tertiary/aromatic N) is 1. The molecule has 1 amide bonds. The minimum absolute atomic E-state index is 0.0299. The number of benzene rings is 1. The lowest BCUT2D eigenvalue weighted by atomic mass is 9.89. The zero-order valence-corrected chi connectivity index (χ0v) is 21.0. The van der Waals surface area contributed by atoms with Crippen LogP contribution < -0.4 is 15.7 Å². The number of carbonyl (C=O) groups is 2. The summed E-state index contributed by atoms with van der Waals surface area (Å²) >= 11 is 0. The van der Waals surface area contributed by atoms with Crippen molar-refractivity contribution < 1.29 is 52.8 Å². The molecule has 0 saturated carbocycles. The Hall–Kier alpha value is -4.14. The maximum Gasteiger partial charge on any atom is 0.413 e. The summed E-state index contributed by atoms with van der Waals surface area (Å²) in [5.41, 5.74) is -3.18. The summed E-state index contributed by atoms with van der Waals surface area (Å²) in [6.07, 6.45) is -6.05. The maximum absolute atomic E-state index is 12.5. The first-order chi connectivity index (χ1) is 17.8. The molecule has 0 radical (unpaired) electrons. The molecule has 0 unspecified atom stereocenters. The van der Waals surface area contributed by atoms with E-state index in [4.69, 9.17) is 27.9 Å². The molecular formula is C24H26N2O12.